The highest BCUT2D eigenvalue weighted by Gasteiger charge is 2.19. The van der Waals surface area contributed by atoms with Crippen molar-refractivity contribution < 1.29 is 13.2 Å². The largest absolute Gasteiger partial charge is 0.322 e. The molecule has 0 aliphatic carbocycles. The molecule has 0 saturated heterocycles. The summed E-state index contributed by atoms with van der Waals surface area (Å²) in [5.41, 5.74) is 1.79. The molecule has 23 heavy (non-hydrogen) atoms. The van der Waals surface area contributed by atoms with Crippen LogP contribution in [0.3, 0.4) is 0 Å². The molecule has 0 saturated carbocycles. The van der Waals surface area contributed by atoms with Gasteiger partial charge in [0.2, 0.25) is 0 Å². The third-order valence-corrected chi connectivity index (χ3v) is 6.16. The van der Waals surface area contributed by atoms with E-state index in [2.05, 4.69) is 5.32 Å². The van der Waals surface area contributed by atoms with E-state index in [1.807, 2.05) is 6.92 Å². The summed E-state index contributed by atoms with van der Waals surface area (Å²) in [5, 5.41) is 2.84. The zero-order valence-electron chi connectivity index (χ0n) is 13.1. The molecule has 0 bridgehead atoms. The second-order valence-corrected chi connectivity index (χ2v) is 8.40. The van der Waals surface area contributed by atoms with Crippen LogP contribution in [0.4, 0.5) is 5.69 Å². The van der Waals surface area contributed by atoms with Gasteiger partial charge in [-0.25, -0.2) is 8.42 Å². The molecule has 122 valence electrons. The summed E-state index contributed by atoms with van der Waals surface area (Å²) in [6, 6.07) is 11.2. The van der Waals surface area contributed by atoms with Gasteiger partial charge in [-0.3, -0.25) is 4.79 Å². The summed E-state index contributed by atoms with van der Waals surface area (Å²) in [5.74, 6) is -0.316. The fourth-order valence-corrected chi connectivity index (χ4v) is 3.24. The van der Waals surface area contributed by atoms with E-state index in [0.29, 0.717) is 16.3 Å². The predicted molar refractivity (Wildman–Crippen MR) is 92.9 cm³/mol. The lowest BCUT2D eigenvalue weighted by molar-refractivity contribution is 0.102. The number of amides is 1. The van der Waals surface area contributed by atoms with Crippen molar-refractivity contribution in [2.45, 2.75) is 30.9 Å². The Morgan fingerprint density at radius 1 is 1.09 bits per heavy atom. The fraction of sp³-hybridized carbons (Fsp3) is 0.235. The molecule has 0 aliphatic rings. The SMILES string of the molecule is Cc1c(Cl)cccc1NC(=O)c1ccc(S(=O)(=O)C(C)C)cc1. The molecule has 0 unspecified atom stereocenters. The van der Waals surface area contributed by atoms with Crippen LogP contribution in [0.1, 0.15) is 29.8 Å². The molecule has 6 heteroatoms. The Hall–Kier alpha value is -1.85. The van der Waals surface area contributed by atoms with Crippen molar-refractivity contribution in [3.63, 3.8) is 0 Å². The van der Waals surface area contributed by atoms with Gasteiger partial charge in [0.15, 0.2) is 9.84 Å². The number of nitrogens with one attached hydrogen (secondary N) is 1. The van der Waals surface area contributed by atoms with Gasteiger partial charge in [0.1, 0.15) is 0 Å². The van der Waals surface area contributed by atoms with Crippen molar-refractivity contribution in [1.82, 2.24) is 0 Å². The molecule has 2 aromatic rings. The average molecular weight is 352 g/mol. The van der Waals surface area contributed by atoms with Crippen LogP contribution in [0.5, 0.6) is 0 Å². The molecule has 1 amide bonds. The van der Waals surface area contributed by atoms with E-state index in [1.165, 1.54) is 24.3 Å². The first-order valence-electron chi connectivity index (χ1n) is 7.14. The third-order valence-electron chi connectivity index (χ3n) is 3.58. The minimum absolute atomic E-state index is 0.211. The number of halogens is 1. The zero-order valence-corrected chi connectivity index (χ0v) is 14.7. The van der Waals surface area contributed by atoms with Crippen molar-refractivity contribution in [2.75, 3.05) is 5.32 Å². The molecular weight excluding hydrogens is 334 g/mol. The number of carbonyl (C=O) groups is 1. The lowest BCUT2D eigenvalue weighted by atomic mass is 10.1. The first-order valence-corrected chi connectivity index (χ1v) is 9.06. The smallest absolute Gasteiger partial charge is 0.255 e. The van der Waals surface area contributed by atoms with Crippen molar-refractivity contribution in [2.24, 2.45) is 0 Å². The van der Waals surface area contributed by atoms with Gasteiger partial charge in [-0.2, -0.15) is 0 Å². The fourth-order valence-electron chi connectivity index (χ4n) is 2.01. The number of hydrogen-bond acceptors (Lipinski definition) is 3. The van der Waals surface area contributed by atoms with Crippen LogP contribution < -0.4 is 5.32 Å². The Morgan fingerprint density at radius 3 is 2.26 bits per heavy atom. The minimum Gasteiger partial charge on any atom is -0.322 e. The Kier molecular flexibility index (Phi) is 5.12. The number of sulfone groups is 1. The van der Waals surface area contributed by atoms with Gasteiger partial charge in [0.05, 0.1) is 10.1 Å². The second kappa shape index (κ2) is 6.72. The van der Waals surface area contributed by atoms with Crippen molar-refractivity contribution in [3.05, 3.63) is 58.6 Å². The molecule has 0 heterocycles. The summed E-state index contributed by atoms with van der Waals surface area (Å²) in [6.07, 6.45) is 0. The lowest BCUT2D eigenvalue weighted by Gasteiger charge is -2.11. The molecule has 2 rings (SSSR count). The topological polar surface area (TPSA) is 63.2 Å². The molecule has 0 aliphatic heterocycles. The van der Waals surface area contributed by atoms with Crippen molar-refractivity contribution in [1.29, 1.82) is 0 Å². The van der Waals surface area contributed by atoms with Crippen LogP contribution in [-0.4, -0.2) is 19.6 Å². The van der Waals surface area contributed by atoms with Crippen LogP contribution in [0.25, 0.3) is 0 Å². The number of benzene rings is 2. The highest BCUT2D eigenvalue weighted by atomic mass is 35.5. The second-order valence-electron chi connectivity index (χ2n) is 5.48. The lowest BCUT2D eigenvalue weighted by Crippen LogP contribution is -2.15. The molecule has 0 fully saturated rings. The van der Waals surface area contributed by atoms with Crippen molar-refractivity contribution in [3.8, 4) is 0 Å². The summed E-state index contributed by atoms with van der Waals surface area (Å²) in [6.45, 7) is 5.06. The minimum atomic E-state index is -3.34. The molecular formula is C17H18ClNO3S. The number of anilines is 1. The van der Waals surface area contributed by atoms with Gasteiger partial charge in [-0.05, 0) is 62.7 Å². The highest BCUT2D eigenvalue weighted by molar-refractivity contribution is 7.92. The number of rotatable bonds is 4. The molecule has 2 aromatic carbocycles. The predicted octanol–water partition coefficient (Wildman–Crippen LogP) is 4.08. The summed E-state index contributed by atoms with van der Waals surface area (Å²) in [7, 11) is -3.34. The standard InChI is InChI=1S/C17H18ClNO3S/c1-11(2)23(21,22)14-9-7-13(8-10-14)17(20)19-16-6-4-5-15(18)12(16)3/h4-11H,1-3H3,(H,19,20). The monoisotopic (exact) mass is 351 g/mol. The Labute approximate surface area is 141 Å². The van der Waals surface area contributed by atoms with Crippen LogP contribution in [0, 0.1) is 6.92 Å². The highest BCUT2D eigenvalue weighted by Crippen LogP contribution is 2.24. The van der Waals surface area contributed by atoms with E-state index in [4.69, 9.17) is 11.6 Å². The molecule has 1 N–H and O–H groups in total. The van der Waals surface area contributed by atoms with Crippen molar-refractivity contribution >= 4 is 33.0 Å². The molecule has 0 spiro atoms. The van der Waals surface area contributed by atoms with Gasteiger partial charge < -0.3 is 5.32 Å². The Bertz CT molecular complexity index is 827. The summed E-state index contributed by atoms with van der Waals surface area (Å²) >= 11 is 6.03. The van der Waals surface area contributed by atoms with E-state index >= 15 is 0 Å². The Morgan fingerprint density at radius 2 is 1.70 bits per heavy atom. The number of hydrogen-bond donors (Lipinski definition) is 1. The Balaban J connectivity index is 2.23. The van der Waals surface area contributed by atoms with Crippen LogP contribution >= 0.6 is 11.6 Å². The zero-order chi connectivity index (χ0) is 17.2. The van der Waals surface area contributed by atoms with Crippen LogP contribution in [0.15, 0.2) is 47.4 Å². The molecule has 0 atom stereocenters. The van der Waals surface area contributed by atoms with E-state index in [-0.39, 0.29) is 10.8 Å². The van der Waals surface area contributed by atoms with Gasteiger partial charge in [-0.1, -0.05) is 17.7 Å². The first-order chi connectivity index (χ1) is 10.7. The van der Waals surface area contributed by atoms with E-state index < -0.39 is 15.1 Å². The van der Waals surface area contributed by atoms with Gasteiger partial charge >= 0.3 is 0 Å². The summed E-state index contributed by atoms with van der Waals surface area (Å²) in [4.78, 5) is 12.5. The van der Waals surface area contributed by atoms with E-state index in [0.717, 1.165) is 5.56 Å². The maximum Gasteiger partial charge on any atom is 0.255 e. The van der Waals surface area contributed by atoms with Gasteiger partial charge in [0, 0.05) is 16.3 Å². The van der Waals surface area contributed by atoms with Gasteiger partial charge in [-0.15, -0.1) is 0 Å². The van der Waals surface area contributed by atoms with Crippen LogP contribution in [0.2, 0.25) is 5.02 Å². The van der Waals surface area contributed by atoms with Crippen LogP contribution in [-0.2, 0) is 9.84 Å². The quantitative estimate of drug-likeness (QED) is 0.902. The number of carbonyl (C=O) groups excluding carboxylic acids is 1. The molecule has 0 aromatic heterocycles. The maximum atomic E-state index is 12.3. The van der Waals surface area contributed by atoms with E-state index in [9.17, 15) is 13.2 Å². The first kappa shape index (κ1) is 17.5. The summed E-state index contributed by atoms with van der Waals surface area (Å²) < 4.78 is 24.1. The molecule has 4 nitrogen and oxygen atoms in total. The normalized spacial score (nSPS) is 11.5. The van der Waals surface area contributed by atoms with E-state index in [1.54, 1.807) is 32.0 Å². The maximum absolute atomic E-state index is 12.3. The average Bonchev–Trinajstić information content (AvgIpc) is 2.51. The third kappa shape index (κ3) is 3.74. The molecule has 0 radical (unpaired) electrons. The van der Waals surface area contributed by atoms with Gasteiger partial charge in [0.25, 0.3) is 5.91 Å².